The van der Waals surface area contributed by atoms with Gasteiger partial charge in [0.2, 0.25) is 0 Å². The van der Waals surface area contributed by atoms with E-state index >= 15 is 0 Å². The standard InChI is InChI=1S/C20H34O2/c1-16(2)18(21)22-17-12-8-7-11-15-20(17,4)19(3)13-9-5-6-10-14-19/h17H,1,5-15H2,2-4H3. The van der Waals surface area contributed by atoms with Crippen LogP contribution in [0.2, 0.25) is 0 Å². The van der Waals surface area contributed by atoms with Crippen LogP contribution in [0.4, 0.5) is 0 Å². The van der Waals surface area contributed by atoms with Crippen LogP contribution in [0.5, 0.6) is 0 Å². The summed E-state index contributed by atoms with van der Waals surface area (Å²) in [5, 5.41) is 0. The fourth-order valence-electron chi connectivity index (χ4n) is 4.67. The summed E-state index contributed by atoms with van der Waals surface area (Å²) in [6.45, 7) is 10.4. The van der Waals surface area contributed by atoms with Gasteiger partial charge >= 0.3 is 5.97 Å². The highest BCUT2D eigenvalue weighted by atomic mass is 16.5. The van der Waals surface area contributed by atoms with Crippen molar-refractivity contribution in [1.29, 1.82) is 0 Å². The second kappa shape index (κ2) is 7.19. The Kier molecular flexibility index (Phi) is 5.74. The number of carbonyl (C=O) groups is 1. The van der Waals surface area contributed by atoms with Crippen LogP contribution in [0.25, 0.3) is 0 Å². The summed E-state index contributed by atoms with van der Waals surface area (Å²) in [6, 6.07) is 0. The van der Waals surface area contributed by atoms with Crippen molar-refractivity contribution in [2.75, 3.05) is 0 Å². The molecule has 0 saturated heterocycles. The molecular formula is C20H34O2. The lowest BCUT2D eigenvalue weighted by Gasteiger charge is -2.50. The molecule has 0 heterocycles. The lowest BCUT2D eigenvalue weighted by Crippen LogP contribution is -2.47. The third kappa shape index (κ3) is 3.58. The van der Waals surface area contributed by atoms with E-state index in [1.165, 1.54) is 64.2 Å². The van der Waals surface area contributed by atoms with Crippen LogP contribution in [0.1, 0.15) is 91.4 Å². The molecule has 0 aromatic carbocycles. The molecule has 0 amide bonds. The van der Waals surface area contributed by atoms with E-state index in [0.717, 1.165) is 6.42 Å². The first kappa shape index (κ1) is 17.6. The molecule has 126 valence electrons. The van der Waals surface area contributed by atoms with Gasteiger partial charge in [-0.05, 0) is 44.4 Å². The summed E-state index contributed by atoms with van der Waals surface area (Å²) < 4.78 is 5.97. The molecule has 2 saturated carbocycles. The molecule has 2 unspecified atom stereocenters. The first-order valence-corrected chi connectivity index (χ1v) is 9.26. The molecule has 2 rings (SSSR count). The summed E-state index contributed by atoms with van der Waals surface area (Å²) in [4.78, 5) is 12.1. The number of carbonyl (C=O) groups excluding carboxylic acids is 1. The second-order valence-corrected chi connectivity index (χ2v) is 8.17. The van der Waals surface area contributed by atoms with E-state index in [-0.39, 0.29) is 17.5 Å². The molecule has 0 N–H and O–H groups in total. The number of hydrogen-bond donors (Lipinski definition) is 0. The summed E-state index contributed by atoms with van der Waals surface area (Å²) >= 11 is 0. The molecule has 0 spiro atoms. The van der Waals surface area contributed by atoms with E-state index in [0.29, 0.717) is 11.0 Å². The van der Waals surface area contributed by atoms with Crippen molar-refractivity contribution in [3.63, 3.8) is 0 Å². The number of hydrogen-bond acceptors (Lipinski definition) is 2. The van der Waals surface area contributed by atoms with Crippen LogP contribution < -0.4 is 0 Å². The van der Waals surface area contributed by atoms with E-state index < -0.39 is 0 Å². The van der Waals surface area contributed by atoms with Gasteiger partial charge in [0.25, 0.3) is 0 Å². The quantitative estimate of drug-likeness (QED) is 0.374. The van der Waals surface area contributed by atoms with Gasteiger partial charge < -0.3 is 4.74 Å². The Morgan fingerprint density at radius 1 is 0.955 bits per heavy atom. The van der Waals surface area contributed by atoms with Crippen molar-refractivity contribution >= 4 is 5.97 Å². The van der Waals surface area contributed by atoms with E-state index in [9.17, 15) is 4.79 Å². The monoisotopic (exact) mass is 306 g/mol. The van der Waals surface area contributed by atoms with Gasteiger partial charge in [-0.15, -0.1) is 0 Å². The molecular weight excluding hydrogens is 272 g/mol. The van der Waals surface area contributed by atoms with Gasteiger partial charge in [0.05, 0.1) is 0 Å². The summed E-state index contributed by atoms with van der Waals surface area (Å²) in [6.07, 6.45) is 13.9. The maximum atomic E-state index is 12.1. The minimum Gasteiger partial charge on any atom is -0.458 e. The summed E-state index contributed by atoms with van der Waals surface area (Å²) in [5.74, 6) is -0.199. The minimum atomic E-state index is -0.199. The highest BCUT2D eigenvalue weighted by Gasteiger charge is 2.50. The van der Waals surface area contributed by atoms with Crippen LogP contribution in [-0.4, -0.2) is 12.1 Å². The van der Waals surface area contributed by atoms with Crippen molar-refractivity contribution in [3.05, 3.63) is 12.2 Å². The Balaban J connectivity index is 2.26. The zero-order valence-electron chi connectivity index (χ0n) is 14.9. The zero-order valence-corrected chi connectivity index (χ0v) is 14.9. The molecule has 0 bridgehead atoms. The third-order valence-electron chi connectivity index (χ3n) is 6.56. The van der Waals surface area contributed by atoms with Crippen LogP contribution in [0.15, 0.2) is 12.2 Å². The minimum absolute atomic E-state index is 0.0577. The number of rotatable bonds is 3. The Labute approximate surface area is 136 Å². The lowest BCUT2D eigenvalue weighted by molar-refractivity contribution is -0.160. The van der Waals surface area contributed by atoms with Crippen LogP contribution in [0.3, 0.4) is 0 Å². The van der Waals surface area contributed by atoms with E-state index in [4.69, 9.17) is 4.74 Å². The Bertz CT molecular complexity index is 404. The second-order valence-electron chi connectivity index (χ2n) is 8.17. The van der Waals surface area contributed by atoms with Crippen molar-refractivity contribution < 1.29 is 9.53 Å². The maximum Gasteiger partial charge on any atom is 0.333 e. The van der Waals surface area contributed by atoms with Gasteiger partial charge in [0, 0.05) is 11.0 Å². The fourth-order valence-corrected chi connectivity index (χ4v) is 4.67. The van der Waals surface area contributed by atoms with Crippen molar-refractivity contribution in [2.45, 2.75) is 97.5 Å². The topological polar surface area (TPSA) is 26.3 Å². The van der Waals surface area contributed by atoms with Crippen molar-refractivity contribution in [1.82, 2.24) is 0 Å². The molecule has 2 nitrogen and oxygen atoms in total. The van der Waals surface area contributed by atoms with Crippen molar-refractivity contribution in [2.24, 2.45) is 10.8 Å². The van der Waals surface area contributed by atoms with E-state index in [1.54, 1.807) is 6.92 Å². The van der Waals surface area contributed by atoms with Gasteiger partial charge in [0.15, 0.2) is 0 Å². The first-order valence-electron chi connectivity index (χ1n) is 9.26. The maximum absolute atomic E-state index is 12.1. The molecule has 0 aromatic heterocycles. The highest BCUT2D eigenvalue weighted by Crippen LogP contribution is 2.55. The zero-order chi connectivity index (χ0) is 16.2. The largest absolute Gasteiger partial charge is 0.458 e. The fraction of sp³-hybridized carbons (Fsp3) is 0.850. The predicted octanol–water partition coefficient (Wildman–Crippen LogP) is 5.81. The number of esters is 1. The molecule has 2 aliphatic carbocycles. The third-order valence-corrected chi connectivity index (χ3v) is 6.56. The lowest BCUT2D eigenvalue weighted by atomic mass is 9.57. The summed E-state index contributed by atoms with van der Waals surface area (Å²) in [5.41, 5.74) is 0.935. The molecule has 0 aliphatic heterocycles. The Morgan fingerprint density at radius 2 is 1.50 bits per heavy atom. The average molecular weight is 306 g/mol. The molecule has 22 heavy (non-hydrogen) atoms. The SMILES string of the molecule is C=C(C)C(=O)OC1CCCCCC1(C)C1(C)CCCCCC1. The van der Waals surface area contributed by atoms with Crippen LogP contribution >= 0.6 is 0 Å². The normalized spacial score (nSPS) is 32.6. The first-order chi connectivity index (χ1) is 10.4. The Morgan fingerprint density at radius 3 is 2.09 bits per heavy atom. The molecule has 2 heteroatoms. The average Bonchev–Trinajstić information content (AvgIpc) is 2.80. The molecule has 0 aromatic rings. The molecule has 2 aliphatic rings. The molecule has 0 radical (unpaired) electrons. The molecule has 2 atom stereocenters. The van der Waals surface area contributed by atoms with Gasteiger partial charge in [-0.3, -0.25) is 0 Å². The van der Waals surface area contributed by atoms with Gasteiger partial charge in [-0.1, -0.05) is 59.0 Å². The smallest absolute Gasteiger partial charge is 0.333 e. The van der Waals surface area contributed by atoms with E-state index in [1.807, 2.05) is 0 Å². The van der Waals surface area contributed by atoms with Crippen molar-refractivity contribution in [3.8, 4) is 0 Å². The van der Waals surface area contributed by atoms with E-state index in [2.05, 4.69) is 20.4 Å². The number of ether oxygens (including phenoxy) is 1. The molecule has 2 fully saturated rings. The highest BCUT2D eigenvalue weighted by molar-refractivity contribution is 5.87. The van der Waals surface area contributed by atoms with Crippen LogP contribution in [-0.2, 0) is 9.53 Å². The Hall–Kier alpha value is -0.790. The van der Waals surface area contributed by atoms with Gasteiger partial charge in [-0.25, -0.2) is 4.79 Å². The van der Waals surface area contributed by atoms with Gasteiger partial charge in [-0.2, -0.15) is 0 Å². The van der Waals surface area contributed by atoms with Crippen LogP contribution in [0, 0.1) is 10.8 Å². The summed E-state index contributed by atoms with van der Waals surface area (Å²) in [7, 11) is 0. The van der Waals surface area contributed by atoms with Gasteiger partial charge in [0.1, 0.15) is 6.10 Å². The predicted molar refractivity (Wildman–Crippen MR) is 91.7 cm³/mol.